The zero-order chi connectivity index (χ0) is 27.7. The Morgan fingerprint density at radius 2 is 1.59 bits per heavy atom. The summed E-state index contributed by atoms with van der Waals surface area (Å²) in [5.41, 5.74) is 1.15. The first-order valence-corrected chi connectivity index (χ1v) is 14.5. The van der Waals surface area contributed by atoms with Crippen LogP contribution >= 0.6 is 23.7 Å². The van der Waals surface area contributed by atoms with Gasteiger partial charge in [0.05, 0.1) is 34.9 Å². The molecule has 216 valence electrons. The number of halogens is 1. The van der Waals surface area contributed by atoms with E-state index in [1.807, 2.05) is 44.1 Å². The van der Waals surface area contributed by atoms with E-state index in [9.17, 15) is 13.2 Å². The van der Waals surface area contributed by atoms with Gasteiger partial charge in [-0.1, -0.05) is 11.3 Å². The van der Waals surface area contributed by atoms with E-state index >= 15 is 0 Å². The van der Waals surface area contributed by atoms with Crippen molar-refractivity contribution in [3.63, 3.8) is 0 Å². The summed E-state index contributed by atoms with van der Waals surface area (Å²) in [6.45, 7) is 4.46. The maximum Gasteiger partial charge on any atom is 0.260 e. The summed E-state index contributed by atoms with van der Waals surface area (Å²) in [7, 11) is 3.13. The number of benzene rings is 2. The van der Waals surface area contributed by atoms with Crippen molar-refractivity contribution >= 4 is 55.0 Å². The minimum absolute atomic E-state index is 0. The Kier molecular flexibility index (Phi) is 13.0. The summed E-state index contributed by atoms with van der Waals surface area (Å²) in [6, 6.07) is 11.7. The Morgan fingerprint density at radius 3 is 2.15 bits per heavy atom. The van der Waals surface area contributed by atoms with Gasteiger partial charge in [0.25, 0.3) is 5.91 Å². The fraction of sp³-hybridized carbons (Fsp3) is 0.462. The first-order valence-electron chi connectivity index (χ1n) is 12.3. The molecule has 0 aliphatic rings. The number of amides is 1. The first-order chi connectivity index (χ1) is 18.2. The van der Waals surface area contributed by atoms with Crippen LogP contribution in [0.15, 0.2) is 47.4 Å². The second-order valence-electron chi connectivity index (χ2n) is 8.73. The number of hydrogen-bond acceptors (Lipinski definition) is 9. The van der Waals surface area contributed by atoms with Crippen LogP contribution in [0.3, 0.4) is 0 Å². The van der Waals surface area contributed by atoms with Gasteiger partial charge in [-0.3, -0.25) is 9.69 Å². The predicted molar refractivity (Wildman–Crippen MR) is 157 cm³/mol. The van der Waals surface area contributed by atoms with Gasteiger partial charge in [-0.2, -0.15) is 4.31 Å². The van der Waals surface area contributed by atoms with Crippen molar-refractivity contribution in [2.45, 2.75) is 11.8 Å². The highest BCUT2D eigenvalue weighted by atomic mass is 35.5. The number of hydrogen-bond donors (Lipinski definition) is 0. The number of carbonyl (C=O) groups is 1. The SMILES string of the molecule is CCOc1ccc2nc(N(CCN(C)C)C(=O)c3ccc(S(=O)(=O)N(CCOC)CCOC)cc3)sc2c1.Cl. The van der Waals surface area contributed by atoms with Crippen molar-refractivity contribution < 1.29 is 27.4 Å². The zero-order valence-corrected chi connectivity index (χ0v) is 25.4. The Labute approximate surface area is 240 Å². The summed E-state index contributed by atoms with van der Waals surface area (Å²) in [5, 5.41) is 0.572. The lowest BCUT2D eigenvalue weighted by atomic mass is 10.2. The number of anilines is 1. The van der Waals surface area contributed by atoms with Crippen LogP contribution in [-0.4, -0.2) is 103 Å². The Bertz CT molecular complexity index is 1290. The molecule has 0 bridgehead atoms. The summed E-state index contributed by atoms with van der Waals surface area (Å²) < 4.78 is 44.4. The quantitative estimate of drug-likeness (QED) is 0.261. The van der Waals surface area contributed by atoms with E-state index in [0.717, 1.165) is 16.0 Å². The second kappa shape index (κ2) is 15.5. The van der Waals surface area contributed by atoms with Gasteiger partial charge in [0.1, 0.15) is 5.75 Å². The van der Waals surface area contributed by atoms with Gasteiger partial charge in [-0.15, -0.1) is 12.4 Å². The molecule has 0 radical (unpaired) electrons. The maximum absolute atomic E-state index is 13.6. The Hall–Kier alpha value is -2.32. The maximum atomic E-state index is 13.6. The molecule has 1 amide bonds. The number of methoxy groups -OCH3 is 2. The van der Waals surface area contributed by atoms with E-state index in [-0.39, 0.29) is 49.5 Å². The molecule has 0 saturated carbocycles. The topological polar surface area (TPSA) is 102 Å². The summed E-state index contributed by atoms with van der Waals surface area (Å²) >= 11 is 1.42. The molecule has 0 spiro atoms. The molecule has 0 unspecified atom stereocenters. The van der Waals surface area contributed by atoms with Crippen LogP contribution in [-0.2, 0) is 19.5 Å². The number of sulfonamides is 1. The molecule has 0 fully saturated rings. The van der Waals surface area contributed by atoms with Crippen molar-refractivity contribution in [2.24, 2.45) is 0 Å². The smallest absolute Gasteiger partial charge is 0.260 e. The number of thiazole rings is 1. The molecular formula is C26H37ClN4O6S2. The van der Waals surface area contributed by atoms with Crippen LogP contribution < -0.4 is 9.64 Å². The molecule has 13 heteroatoms. The summed E-state index contributed by atoms with van der Waals surface area (Å²) in [5.74, 6) is 0.499. The molecule has 3 rings (SSSR count). The lowest BCUT2D eigenvalue weighted by Gasteiger charge is -2.23. The van der Waals surface area contributed by atoms with E-state index in [2.05, 4.69) is 0 Å². The molecule has 0 aliphatic heterocycles. The lowest BCUT2D eigenvalue weighted by Crippen LogP contribution is -2.37. The van der Waals surface area contributed by atoms with Gasteiger partial charge in [0, 0.05) is 46.0 Å². The van der Waals surface area contributed by atoms with Gasteiger partial charge in [-0.25, -0.2) is 13.4 Å². The standard InChI is InChI=1S/C26H36N4O6S2.ClH/c1-6-36-21-9-12-23-24(19-21)37-26(27-23)30(14-13-28(2)3)25(31)20-7-10-22(11-8-20)38(32,33)29(15-17-34-4)16-18-35-5;/h7-12,19H,6,13-18H2,1-5H3;1H. The Balaban J connectivity index is 0.00000533. The van der Waals surface area contributed by atoms with E-state index in [1.165, 1.54) is 42.0 Å². The molecular weight excluding hydrogens is 564 g/mol. The fourth-order valence-corrected chi connectivity index (χ4v) is 6.09. The third kappa shape index (κ3) is 8.58. The second-order valence-corrected chi connectivity index (χ2v) is 11.7. The van der Waals surface area contributed by atoms with Crippen molar-refractivity contribution in [1.29, 1.82) is 0 Å². The number of nitrogens with zero attached hydrogens (tertiary/aromatic N) is 4. The van der Waals surface area contributed by atoms with E-state index in [1.54, 1.807) is 17.0 Å². The summed E-state index contributed by atoms with van der Waals surface area (Å²) in [6.07, 6.45) is 0. The third-order valence-electron chi connectivity index (χ3n) is 5.74. The van der Waals surface area contributed by atoms with Gasteiger partial charge in [-0.05, 0) is 63.5 Å². The number of fused-ring (bicyclic) bond motifs is 1. The number of ether oxygens (including phenoxy) is 3. The molecule has 3 aromatic rings. The molecule has 1 heterocycles. The van der Waals surface area contributed by atoms with Crippen molar-refractivity contribution in [3.05, 3.63) is 48.0 Å². The highest BCUT2D eigenvalue weighted by Crippen LogP contribution is 2.32. The molecule has 0 saturated heterocycles. The van der Waals surface area contributed by atoms with Crippen LogP contribution in [0.5, 0.6) is 5.75 Å². The molecule has 0 N–H and O–H groups in total. The minimum atomic E-state index is -3.79. The molecule has 1 aromatic heterocycles. The molecule has 10 nitrogen and oxygen atoms in total. The highest BCUT2D eigenvalue weighted by molar-refractivity contribution is 7.89. The van der Waals surface area contributed by atoms with Gasteiger partial charge in [0.2, 0.25) is 10.0 Å². The van der Waals surface area contributed by atoms with Crippen LogP contribution in [0.1, 0.15) is 17.3 Å². The third-order valence-corrected chi connectivity index (χ3v) is 8.69. The Morgan fingerprint density at radius 1 is 0.949 bits per heavy atom. The van der Waals surface area contributed by atoms with Crippen molar-refractivity contribution in [3.8, 4) is 5.75 Å². The molecule has 0 aliphatic carbocycles. The predicted octanol–water partition coefficient (Wildman–Crippen LogP) is 3.61. The monoisotopic (exact) mass is 600 g/mol. The molecule has 39 heavy (non-hydrogen) atoms. The largest absolute Gasteiger partial charge is 0.494 e. The summed E-state index contributed by atoms with van der Waals surface area (Å²) in [4.78, 5) is 22.1. The number of aromatic nitrogens is 1. The van der Waals surface area contributed by atoms with Crippen LogP contribution in [0, 0.1) is 0 Å². The highest BCUT2D eigenvalue weighted by Gasteiger charge is 2.26. The number of rotatable bonds is 15. The fourth-order valence-electron chi connectivity index (χ4n) is 3.66. The van der Waals surface area contributed by atoms with Gasteiger partial charge >= 0.3 is 0 Å². The van der Waals surface area contributed by atoms with Gasteiger partial charge < -0.3 is 19.1 Å². The van der Waals surface area contributed by atoms with Crippen LogP contribution in [0.25, 0.3) is 10.2 Å². The minimum Gasteiger partial charge on any atom is -0.494 e. The van der Waals surface area contributed by atoms with E-state index in [4.69, 9.17) is 19.2 Å². The van der Waals surface area contributed by atoms with Gasteiger partial charge in [0.15, 0.2) is 5.13 Å². The molecule has 2 aromatic carbocycles. The van der Waals surface area contributed by atoms with Crippen molar-refractivity contribution in [1.82, 2.24) is 14.2 Å². The van der Waals surface area contributed by atoms with E-state index < -0.39 is 10.0 Å². The van der Waals surface area contributed by atoms with Crippen LogP contribution in [0.2, 0.25) is 0 Å². The normalized spacial score (nSPS) is 11.7. The van der Waals surface area contributed by atoms with Crippen LogP contribution in [0.4, 0.5) is 5.13 Å². The number of carbonyl (C=O) groups excluding carboxylic acids is 1. The number of likely N-dealkylation sites (N-methyl/N-ethyl adjacent to an activating group) is 1. The van der Waals surface area contributed by atoms with E-state index in [0.29, 0.717) is 30.4 Å². The first kappa shape index (κ1) is 32.9. The zero-order valence-electron chi connectivity index (χ0n) is 23.0. The average Bonchev–Trinajstić information content (AvgIpc) is 3.31. The average molecular weight is 601 g/mol. The lowest BCUT2D eigenvalue weighted by molar-refractivity contribution is 0.0985. The molecule has 0 atom stereocenters. The van der Waals surface area contributed by atoms with Crippen molar-refractivity contribution in [2.75, 3.05) is 79.2 Å².